The van der Waals surface area contributed by atoms with Gasteiger partial charge < -0.3 is 5.11 Å². The molecule has 1 N–H and O–H groups in total. The van der Waals surface area contributed by atoms with Crippen LogP contribution in [-0.4, -0.2) is 14.9 Å². The third-order valence-corrected chi connectivity index (χ3v) is 2.44. The highest BCUT2D eigenvalue weighted by Gasteiger charge is 2.28. The van der Waals surface area contributed by atoms with Crippen LogP contribution in [0, 0.1) is 0 Å². The Morgan fingerprint density at radius 1 is 1.54 bits per heavy atom. The lowest BCUT2D eigenvalue weighted by Crippen LogP contribution is -2.25. The normalized spacial score (nSPS) is 15.7. The van der Waals surface area contributed by atoms with Crippen molar-refractivity contribution in [3.8, 4) is 0 Å². The Hall–Kier alpha value is -0.830. The standard InChI is InChI=1S/C10H18N2O/c1-4-7-10(13,5-2)9-6-8-12(3)11-9/h6,8,13H,4-5,7H2,1-3H3. The van der Waals surface area contributed by atoms with Crippen LogP contribution in [-0.2, 0) is 12.6 Å². The first-order valence-corrected chi connectivity index (χ1v) is 4.85. The zero-order chi connectivity index (χ0) is 9.90. The van der Waals surface area contributed by atoms with Crippen molar-refractivity contribution in [2.24, 2.45) is 7.05 Å². The van der Waals surface area contributed by atoms with Crippen molar-refractivity contribution in [3.63, 3.8) is 0 Å². The number of aryl methyl sites for hydroxylation is 1. The summed E-state index contributed by atoms with van der Waals surface area (Å²) in [6.07, 6.45) is 4.34. The lowest BCUT2D eigenvalue weighted by Gasteiger charge is -2.23. The van der Waals surface area contributed by atoms with E-state index in [0.717, 1.165) is 25.0 Å². The minimum atomic E-state index is -0.726. The van der Waals surface area contributed by atoms with Crippen molar-refractivity contribution in [2.45, 2.75) is 38.7 Å². The van der Waals surface area contributed by atoms with Gasteiger partial charge >= 0.3 is 0 Å². The van der Waals surface area contributed by atoms with Crippen molar-refractivity contribution in [2.75, 3.05) is 0 Å². The first kappa shape index (κ1) is 10.3. The van der Waals surface area contributed by atoms with Gasteiger partial charge in [-0.2, -0.15) is 5.10 Å². The number of nitrogens with zero attached hydrogens (tertiary/aromatic N) is 2. The van der Waals surface area contributed by atoms with E-state index in [-0.39, 0.29) is 0 Å². The van der Waals surface area contributed by atoms with Crippen molar-refractivity contribution < 1.29 is 5.11 Å². The van der Waals surface area contributed by atoms with Gasteiger partial charge in [0, 0.05) is 13.2 Å². The van der Waals surface area contributed by atoms with Crippen LogP contribution in [0.5, 0.6) is 0 Å². The molecular weight excluding hydrogens is 164 g/mol. The molecule has 0 aliphatic heterocycles. The minimum Gasteiger partial charge on any atom is -0.383 e. The quantitative estimate of drug-likeness (QED) is 0.771. The number of aromatic nitrogens is 2. The van der Waals surface area contributed by atoms with Gasteiger partial charge in [-0.3, -0.25) is 4.68 Å². The number of rotatable bonds is 4. The molecule has 0 aliphatic carbocycles. The predicted octanol–water partition coefficient (Wildman–Crippen LogP) is 1.82. The van der Waals surface area contributed by atoms with Gasteiger partial charge in [-0.15, -0.1) is 0 Å². The van der Waals surface area contributed by atoms with Gasteiger partial charge in [0.2, 0.25) is 0 Å². The zero-order valence-electron chi connectivity index (χ0n) is 8.62. The first-order valence-electron chi connectivity index (χ1n) is 4.85. The van der Waals surface area contributed by atoms with E-state index in [2.05, 4.69) is 12.0 Å². The smallest absolute Gasteiger partial charge is 0.108 e. The number of aliphatic hydroxyl groups is 1. The Kier molecular flexibility index (Phi) is 3.09. The van der Waals surface area contributed by atoms with Crippen molar-refractivity contribution in [1.29, 1.82) is 0 Å². The Bertz CT molecular complexity index is 270. The Balaban J connectivity index is 2.88. The van der Waals surface area contributed by atoms with Gasteiger partial charge in [0.05, 0.1) is 5.69 Å². The molecule has 0 aliphatic rings. The lowest BCUT2D eigenvalue weighted by molar-refractivity contribution is 0.0178. The van der Waals surface area contributed by atoms with Gasteiger partial charge in [0.25, 0.3) is 0 Å². The highest BCUT2D eigenvalue weighted by molar-refractivity contribution is 5.09. The lowest BCUT2D eigenvalue weighted by atomic mass is 9.91. The summed E-state index contributed by atoms with van der Waals surface area (Å²) in [7, 11) is 1.87. The third-order valence-electron chi connectivity index (χ3n) is 2.44. The SMILES string of the molecule is CCCC(O)(CC)c1ccn(C)n1. The maximum absolute atomic E-state index is 10.2. The van der Waals surface area contributed by atoms with E-state index in [4.69, 9.17) is 0 Å². The number of hydrogen-bond donors (Lipinski definition) is 1. The van der Waals surface area contributed by atoms with Crippen LogP contribution in [0.2, 0.25) is 0 Å². The van der Waals surface area contributed by atoms with Gasteiger partial charge in [0.1, 0.15) is 5.60 Å². The fraction of sp³-hybridized carbons (Fsp3) is 0.700. The van der Waals surface area contributed by atoms with Gasteiger partial charge in [-0.05, 0) is 18.9 Å². The second kappa shape index (κ2) is 3.92. The van der Waals surface area contributed by atoms with Crippen LogP contribution in [0.1, 0.15) is 38.8 Å². The van der Waals surface area contributed by atoms with E-state index in [1.807, 2.05) is 26.2 Å². The van der Waals surface area contributed by atoms with Crippen LogP contribution >= 0.6 is 0 Å². The largest absolute Gasteiger partial charge is 0.383 e. The van der Waals surface area contributed by atoms with E-state index in [1.54, 1.807) is 4.68 Å². The predicted molar refractivity (Wildman–Crippen MR) is 52.3 cm³/mol. The van der Waals surface area contributed by atoms with Crippen molar-refractivity contribution >= 4 is 0 Å². The summed E-state index contributed by atoms with van der Waals surface area (Å²) >= 11 is 0. The molecule has 0 amide bonds. The average Bonchev–Trinajstić information content (AvgIpc) is 2.52. The topological polar surface area (TPSA) is 38.0 Å². The second-order valence-corrected chi connectivity index (χ2v) is 3.51. The zero-order valence-corrected chi connectivity index (χ0v) is 8.62. The van der Waals surface area contributed by atoms with E-state index >= 15 is 0 Å². The summed E-state index contributed by atoms with van der Waals surface area (Å²) in [4.78, 5) is 0. The van der Waals surface area contributed by atoms with Crippen molar-refractivity contribution in [3.05, 3.63) is 18.0 Å². The second-order valence-electron chi connectivity index (χ2n) is 3.51. The highest BCUT2D eigenvalue weighted by atomic mass is 16.3. The molecule has 74 valence electrons. The summed E-state index contributed by atoms with van der Waals surface area (Å²) in [5.74, 6) is 0. The molecule has 0 aromatic carbocycles. The molecule has 3 nitrogen and oxygen atoms in total. The van der Waals surface area contributed by atoms with Gasteiger partial charge in [-0.1, -0.05) is 20.3 Å². The highest BCUT2D eigenvalue weighted by Crippen LogP contribution is 2.28. The molecule has 13 heavy (non-hydrogen) atoms. The summed E-state index contributed by atoms with van der Waals surface area (Å²) in [5, 5.41) is 14.5. The molecule has 1 unspecified atom stereocenters. The van der Waals surface area contributed by atoms with Crippen LogP contribution in [0.15, 0.2) is 12.3 Å². The third kappa shape index (κ3) is 2.10. The van der Waals surface area contributed by atoms with Gasteiger partial charge in [0.15, 0.2) is 0 Å². The van der Waals surface area contributed by atoms with Gasteiger partial charge in [-0.25, -0.2) is 0 Å². The van der Waals surface area contributed by atoms with Crippen molar-refractivity contribution in [1.82, 2.24) is 9.78 Å². The Morgan fingerprint density at radius 3 is 2.62 bits per heavy atom. The van der Waals surface area contributed by atoms with Crippen LogP contribution in [0.4, 0.5) is 0 Å². The first-order chi connectivity index (χ1) is 6.12. The molecule has 1 aromatic rings. The molecular formula is C10H18N2O. The van der Waals surface area contributed by atoms with Crippen LogP contribution < -0.4 is 0 Å². The molecule has 0 spiro atoms. The maximum atomic E-state index is 10.2. The summed E-state index contributed by atoms with van der Waals surface area (Å²) in [6, 6.07) is 1.89. The molecule has 1 heterocycles. The summed E-state index contributed by atoms with van der Waals surface area (Å²) in [6.45, 7) is 4.06. The monoisotopic (exact) mass is 182 g/mol. The van der Waals surface area contributed by atoms with E-state index in [1.165, 1.54) is 0 Å². The van der Waals surface area contributed by atoms with Crippen LogP contribution in [0.25, 0.3) is 0 Å². The molecule has 0 saturated heterocycles. The molecule has 0 fully saturated rings. The minimum absolute atomic E-state index is 0.720. The average molecular weight is 182 g/mol. The molecule has 0 radical (unpaired) electrons. The summed E-state index contributed by atoms with van der Waals surface area (Å²) < 4.78 is 1.73. The van der Waals surface area contributed by atoms with E-state index in [9.17, 15) is 5.11 Å². The molecule has 1 atom stereocenters. The van der Waals surface area contributed by atoms with E-state index < -0.39 is 5.60 Å². The maximum Gasteiger partial charge on any atom is 0.108 e. The number of hydrogen-bond acceptors (Lipinski definition) is 2. The molecule has 3 heteroatoms. The summed E-state index contributed by atoms with van der Waals surface area (Å²) in [5.41, 5.74) is 0.0649. The Labute approximate surface area is 79.4 Å². The molecule has 0 saturated carbocycles. The van der Waals surface area contributed by atoms with E-state index in [0.29, 0.717) is 0 Å². The Morgan fingerprint density at radius 2 is 2.23 bits per heavy atom. The fourth-order valence-corrected chi connectivity index (χ4v) is 1.56. The molecule has 0 bridgehead atoms. The molecule has 1 aromatic heterocycles. The fourth-order valence-electron chi connectivity index (χ4n) is 1.56. The van der Waals surface area contributed by atoms with Crippen LogP contribution in [0.3, 0.4) is 0 Å². The molecule has 1 rings (SSSR count).